The number of pyridine rings is 1. The zero-order chi connectivity index (χ0) is 15.6. The van der Waals surface area contributed by atoms with Crippen LogP contribution >= 0.6 is 23.2 Å². The third-order valence-electron chi connectivity index (χ3n) is 3.13. The van der Waals surface area contributed by atoms with Gasteiger partial charge in [0.2, 0.25) is 0 Å². The van der Waals surface area contributed by atoms with Crippen molar-refractivity contribution in [2.75, 3.05) is 6.54 Å². The second kappa shape index (κ2) is 6.69. The Kier molecular flexibility index (Phi) is 5.14. The van der Waals surface area contributed by atoms with Crippen molar-refractivity contribution in [3.63, 3.8) is 0 Å². The van der Waals surface area contributed by atoms with Crippen molar-refractivity contribution in [3.8, 4) is 0 Å². The van der Waals surface area contributed by atoms with Gasteiger partial charge < -0.3 is 5.32 Å². The Balaban J connectivity index is 2.56. The highest BCUT2D eigenvalue weighted by Gasteiger charge is 2.23. The number of nitrogens with zero attached hydrogens (tertiary/aromatic N) is 1. The van der Waals surface area contributed by atoms with Gasteiger partial charge in [-0.3, -0.25) is 4.98 Å². The van der Waals surface area contributed by atoms with Crippen molar-refractivity contribution in [1.29, 1.82) is 0 Å². The summed E-state index contributed by atoms with van der Waals surface area (Å²) in [4.78, 5) is 4.15. The molecule has 1 aromatic carbocycles. The molecule has 6 heteroatoms. The highest BCUT2D eigenvalue weighted by atomic mass is 35.5. The van der Waals surface area contributed by atoms with E-state index in [9.17, 15) is 8.78 Å². The molecule has 0 aliphatic carbocycles. The van der Waals surface area contributed by atoms with E-state index in [1.54, 1.807) is 0 Å². The summed E-state index contributed by atoms with van der Waals surface area (Å²) in [6, 6.07) is 3.95. The van der Waals surface area contributed by atoms with Crippen LogP contribution in [0.15, 0.2) is 24.4 Å². The van der Waals surface area contributed by atoms with Crippen LogP contribution in [0.3, 0.4) is 0 Å². The molecule has 1 heterocycles. The Bertz CT molecular complexity index is 662. The Morgan fingerprint density at radius 2 is 1.95 bits per heavy atom. The summed E-state index contributed by atoms with van der Waals surface area (Å²) in [6.45, 7) is 3.91. The molecule has 21 heavy (non-hydrogen) atoms. The van der Waals surface area contributed by atoms with Gasteiger partial charge in [0.25, 0.3) is 0 Å². The molecule has 1 aromatic heterocycles. The van der Waals surface area contributed by atoms with E-state index in [1.807, 2.05) is 6.92 Å². The highest BCUT2D eigenvalue weighted by Crippen LogP contribution is 2.31. The molecule has 1 N–H and O–H groups in total. The lowest BCUT2D eigenvalue weighted by Crippen LogP contribution is -2.24. The molecule has 2 aromatic rings. The quantitative estimate of drug-likeness (QED) is 0.880. The van der Waals surface area contributed by atoms with Crippen molar-refractivity contribution < 1.29 is 8.78 Å². The lowest BCUT2D eigenvalue weighted by Gasteiger charge is -2.20. The molecule has 0 radical (unpaired) electrons. The molecular weight excluding hydrogens is 317 g/mol. The van der Waals surface area contributed by atoms with Crippen molar-refractivity contribution in [1.82, 2.24) is 10.3 Å². The molecule has 2 rings (SSSR count). The minimum atomic E-state index is -0.895. The first kappa shape index (κ1) is 16.1. The van der Waals surface area contributed by atoms with Gasteiger partial charge in [0.15, 0.2) is 11.6 Å². The number of halogens is 4. The monoisotopic (exact) mass is 330 g/mol. The van der Waals surface area contributed by atoms with Crippen LogP contribution in [-0.2, 0) is 0 Å². The fourth-order valence-corrected chi connectivity index (χ4v) is 2.57. The maximum atomic E-state index is 14.2. The molecule has 112 valence electrons. The lowest BCUT2D eigenvalue weighted by atomic mass is 10.0. The van der Waals surface area contributed by atoms with Crippen LogP contribution in [0.4, 0.5) is 8.78 Å². The molecule has 1 unspecified atom stereocenters. The van der Waals surface area contributed by atoms with Crippen molar-refractivity contribution in [2.45, 2.75) is 19.9 Å². The van der Waals surface area contributed by atoms with Gasteiger partial charge in [0.05, 0.1) is 21.8 Å². The first-order valence-electron chi connectivity index (χ1n) is 6.44. The zero-order valence-electron chi connectivity index (χ0n) is 11.6. The molecule has 1 atom stereocenters. The van der Waals surface area contributed by atoms with Crippen LogP contribution < -0.4 is 5.32 Å². The van der Waals surface area contributed by atoms with E-state index >= 15 is 0 Å². The van der Waals surface area contributed by atoms with E-state index in [-0.39, 0.29) is 11.1 Å². The third-order valence-corrected chi connectivity index (χ3v) is 3.64. The topological polar surface area (TPSA) is 24.9 Å². The van der Waals surface area contributed by atoms with E-state index in [0.717, 1.165) is 0 Å². The average molecular weight is 331 g/mol. The number of hydrogen-bond donors (Lipinski definition) is 1. The number of aryl methyl sites for hydroxylation is 1. The number of benzene rings is 1. The third kappa shape index (κ3) is 3.34. The van der Waals surface area contributed by atoms with Gasteiger partial charge in [-0.05, 0) is 25.1 Å². The van der Waals surface area contributed by atoms with Gasteiger partial charge in [-0.1, -0.05) is 42.3 Å². The lowest BCUT2D eigenvalue weighted by molar-refractivity contribution is 0.476. The molecule has 0 aliphatic rings. The Morgan fingerprint density at radius 1 is 1.24 bits per heavy atom. The summed E-state index contributed by atoms with van der Waals surface area (Å²) in [7, 11) is 0. The van der Waals surface area contributed by atoms with E-state index in [1.165, 1.54) is 31.3 Å². The second-order valence-electron chi connectivity index (χ2n) is 4.61. The van der Waals surface area contributed by atoms with E-state index < -0.39 is 17.7 Å². The summed E-state index contributed by atoms with van der Waals surface area (Å²) >= 11 is 12.0. The van der Waals surface area contributed by atoms with Crippen molar-refractivity contribution in [2.24, 2.45) is 0 Å². The number of nitrogens with one attached hydrogen (secondary N) is 1. The van der Waals surface area contributed by atoms with E-state index in [2.05, 4.69) is 10.3 Å². The fourth-order valence-electron chi connectivity index (χ4n) is 2.08. The largest absolute Gasteiger partial charge is 0.305 e. The van der Waals surface area contributed by atoms with Gasteiger partial charge in [-0.25, -0.2) is 8.78 Å². The highest BCUT2D eigenvalue weighted by molar-refractivity contribution is 6.34. The van der Waals surface area contributed by atoms with Crippen LogP contribution in [-0.4, -0.2) is 11.5 Å². The maximum absolute atomic E-state index is 14.2. The Hall–Kier alpha value is -1.23. The molecule has 0 saturated heterocycles. The minimum absolute atomic E-state index is 0.164. The van der Waals surface area contributed by atoms with Gasteiger partial charge >= 0.3 is 0 Å². The van der Waals surface area contributed by atoms with Crippen LogP contribution in [0, 0.1) is 18.6 Å². The van der Waals surface area contributed by atoms with Crippen molar-refractivity contribution >= 4 is 23.2 Å². The smallest absolute Gasteiger partial charge is 0.164 e. The average Bonchev–Trinajstić information content (AvgIpc) is 2.44. The summed E-state index contributed by atoms with van der Waals surface area (Å²) in [5.74, 6) is -1.76. The molecule has 0 spiro atoms. The van der Waals surface area contributed by atoms with Crippen LogP contribution in [0.1, 0.15) is 29.8 Å². The summed E-state index contributed by atoms with van der Waals surface area (Å²) in [5.41, 5.74) is 0.823. The standard InChI is InChI=1S/C15H14Cl2F2N2/c1-3-20-14(15-11(17)6-9(16)7-21-15)10-5-4-8(2)12(18)13(10)19/h4-7,14,20H,3H2,1-2H3. The number of aromatic nitrogens is 1. The van der Waals surface area contributed by atoms with Crippen LogP contribution in [0.25, 0.3) is 0 Å². The molecule has 0 bridgehead atoms. The predicted molar refractivity (Wildman–Crippen MR) is 80.9 cm³/mol. The normalized spacial score (nSPS) is 12.5. The minimum Gasteiger partial charge on any atom is -0.305 e. The number of rotatable bonds is 4. The van der Waals surface area contributed by atoms with Gasteiger partial charge in [0.1, 0.15) is 0 Å². The van der Waals surface area contributed by atoms with Crippen molar-refractivity contribution in [3.05, 3.63) is 62.9 Å². The predicted octanol–water partition coefficient (Wildman–Crippen LogP) is 4.67. The van der Waals surface area contributed by atoms with Gasteiger partial charge in [-0.15, -0.1) is 0 Å². The number of hydrogen-bond acceptors (Lipinski definition) is 2. The van der Waals surface area contributed by atoms with Crippen LogP contribution in [0.5, 0.6) is 0 Å². The SMILES string of the molecule is CCNC(c1ccc(C)c(F)c1F)c1ncc(Cl)cc1Cl. The zero-order valence-corrected chi connectivity index (χ0v) is 13.1. The summed E-state index contributed by atoms with van der Waals surface area (Å²) in [5, 5.41) is 3.75. The van der Waals surface area contributed by atoms with Gasteiger partial charge in [0, 0.05) is 11.8 Å². The summed E-state index contributed by atoms with van der Waals surface area (Å²) < 4.78 is 28.0. The maximum Gasteiger partial charge on any atom is 0.164 e. The molecule has 0 aliphatic heterocycles. The first-order chi connectivity index (χ1) is 9.95. The first-order valence-corrected chi connectivity index (χ1v) is 7.20. The van der Waals surface area contributed by atoms with E-state index in [0.29, 0.717) is 22.3 Å². The molecule has 0 amide bonds. The molecule has 0 saturated carbocycles. The van der Waals surface area contributed by atoms with Crippen LogP contribution in [0.2, 0.25) is 10.0 Å². The molecular formula is C15H14Cl2F2N2. The second-order valence-corrected chi connectivity index (χ2v) is 5.45. The van der Waals surface area contributed by atoms with Gasteiger partial charge in [-0.2, -0.15) is 0 Å². The molecule has 0 fully saturated rings. The summed E-state index contributed by atoms with van der Waals surface area (Å²) in [6.07, 6.45) is 1.43. The Morgan fingerprint density at radius 3 is 2.57 bits per heavy atom. The van der Waals surface area contributed by atoms with E-state index in [4.69, 9.17) is 23.2 Å². The molecule has 2 nitrogen and oxygen atoms in total. The Labute approximate surface area is 132 Å². The fraction of sp³-hybridized carbons (Fsp3) is 0.267.